The molecule has 1 aromatic carbocycles. The molecule has 0 unspecified atom stereocenters. The number of carbonyl (C=O) groups excluding carboxylic acids is 1. The smallest absolute Gasteiger partial charge is 0.255 e. The Kier molecular flexibility index (Phi) is 4.41. The Morgan fingerprint density at radius 1 is 1.12 bits per heavy atom. The van der Waals surface area contributed by atoms with Crippen molar-refractivity contribution in [1.82, 2.24) is 10.3 Å². The van der Waals surface area contributed by atoms with Gasteiger partial charge in [0.05, 0.1) is 5.56 Å². The van der Waals surface area contributed by atoms with E-state index in [9.17, 15) is 4.79 Å². The molecular weight excluding hydrogens is 318 g/mol. The second-order valence-electron chi connectivity index (χ2n) is 6.23. The van der Waals surface area contributed by atoms with E-state index in [1.54, 1.807) is 12.3 Å². The van der Waals surface area contributed by atoms with Crippen molar-refractivity contribution < 1.29 is 14.3 Å². The average molecular weight is 339 g/mol. The highest BCUT2D eigenvalue weighted by Crippen LogP contribution is 2.30. The highest BCUT2D eigenvalue weighted by molar-refractivity contribution is 5.98. The molecule has 3 heterocycles. The number of hydrogen-bond donors (Lipinski definition) is 1. The number of benzene rings is 1. The highest BCUT2D eigenvalue weighted by Gasteiger charge is 2.20. The fourth-order valence-corrected chi connectivity index (χ4v) is 3.23. The Morgan fingerprint density at radius 2 is 1.92 bits per heavy atom. The van der Waals surface area contributed by atoms with Crippen LogP contribution in [0, 0.1) is 0 Å². The van der Waals surface area contributed by atoms with E-state index in [-0.39, 0.29) is 5.91 Å². The summed E-state index contributed by atoms with van der Waals surface area (Å²) >= 11 is 0. The second-order valence-corrected chi connectivity index (χ2v) is 6.23. The third kappa shape index (κ3) is 3.38. The molecule has 1 aromatic heterocycles. The number of aromatic nitrogens is 1. The molecule has 25 heavy (non-hydrogen) atoms. The summed E-state index contributed by atoms with van der Waals surface area (Å²) in [5, 5.41) is 2.98. The van der Waals surface area contributed by atoms with E-state index in [4.69, 9.17) is 9.47 Å². The van der Waals surface area contributed by atoms with Gasteiger partial charge >= 0.3 is 0 Å². The molecule has 1 fully saturated rings. The highest BCUT2D eigenvalue weighted by atomic mass is 16.6. The van der Waals surface area contributed by atoms with Crippen LogP contribution in [-0.2, 0) is 6.54 Å². The van der Waals surface area contributed by atoms with Crippen LogP contribution in [0.1, 0.15) is 28.8 Å². The van der Waals surface area contributed by atoms with Gasteiger partial charge in [0.1, 0.15) is 19.0 Å². The van der Waals surface area contributed by atoms with Crippen molar-refractivity contribution in [1.29, 1.82) is 0 Å². The summed E-state index contributed by atoms with van der Waals surface area (Å²) < 4.78 is 11.1. The number of rotatable bonds is 4. The van der Waals surface area contributed by atoms with Gasteiger partial charge in [0.25, 0.3) is 5.91 Å². The Morgan fingerprint density at radius 3 is 2.76 bits per heavy atom. The van der Waals surface area contributed by atoms with E-state index in [0.29, 0.717) is 25.3 Å². The number of nitrogens with zero attached hydrogens (tertiary/aromatic N) is 2. The molecule has 1 saturated heterocycles. The maximum Gasteiger partial charge on any atom is 0.255 e. The van der Waals surface area contributed by atoms with E-state index < -0.39 is 0 Å². The van der Waals surface area contributed by atoms with E-state index in [0.717, 1.165) is 48.8 Å². The fourth-order valence-electron chi connectivity index (χ4n) is 3.23. The fraction of sp³-hybridized carbons (Fsp3) is 0.368. The Hall–Kier alpha value is -2.76. The van der Waals surface area contributed by atoms with Gasteiger partial charge in [-0.2, -0.15) is 0 Å². The van der Waals surface area contributed by atoms with Gasteiger partial charge in [0, 0.05) is 25.8 Å². The van der Waals surface area contributed by atoms with Crippen LogP contribution in [-0.4, -0.2) is 37.2 Å². The summed E-state index contributed by atoms with van der Waals surface area (Å²) in [5.41, 5.74) is 1.60. The van der Waals surface area contributed by atoms with Crippen molar-refractivity contribution in [3.05, 3.63) is 47.7 Å². The van der Waals surface area contributed by atoms with Crippen molar-refractivity contribution in [2.75, 3.05) is 31.2 Å². The largest absolute Gasteiger partial charge is 0.486 e. The number of nitrogens with one attached hydrogen (secondary N) is 1. The van der Waals surface area contributed by atoms with Crippen molar-refractivity contribution in [3.63, 3.8) is 0 Å². The molecule has 2 aliphatic heterocycles. The van der Waals surface area contributed by atoms with Gasteiger partial charge in [-0.05, 0) is 42.7 Å². The SMILES string of the molecule is O=C(NCc1ccc2c(c1)OCCO2)c1cccnc1N1CCCC1. The maximum atomic E-state index is 12.7. The second kappa shape index (κ2) is 7.01. The van der Waals surface area contributed by atoms with Gasteiger partial charge in [-0.3, -0.25) is 4.79 Å². The predicted molar refractivity (Wildman–Crippen MR) is 94.3 cm³/mol. The molecule has 1 N–H and O–H groups in total. The summed E-state index contributed by atoms with van der Waals surface area (Å²) in [4.78, 5) is 19.3. The lowest BCUT2D eigenvalue weighted by Gasteiger charge is -2.20. The van der Waals surface area contributed by atoms with Crippen LogP contribution in [0.25, 0.3) is 0 Å². The molecule has 130 valence electrons. The van der Waals surface area contributed by atoms with Crippen LogP contribution in [0.3, 0.4) is 0 Å². The number of pyridine rings is 1. The van der Waals surface area contributed by atoms with Gasteiger partial charge in [0.2, 0.25) is 0 Å². The van der Waals surface area contributed by atoms with Crippen LogP contribution in [0.15, 0.2) is 36.5 Å². The Balaban J connectivity index is 1.46. The molecule has 2 aliphatic rings. The molecule has 2 aromatic rings. The summed E-state index contributed by atoms with van der Waals surface area (Å²) in [6, 6.07) is 9.38. The number of ether oxygens (including phenoxy) is 2. The summed E-state index contributed by atoms with van der Waals surface area (Å²) in [6.07, 6.45) is 4.04. The molecule has 1 amide bonds. The van der Waals surface area contributed by atoms with Gasteiger partial charge < -0.3 is 19.7 Å². The van der Waals surface area contributed by atoms with Crippen molar-refractivity contribution in [3.8, 4) is 11.5 Å². The van der Waals surface area contributed by atoms with E-state index in [2.05, 4.69) is 15.2 Å². The number of fused-ring (bicyclic) bond motifs is 1. The van der Waals surface area contributed by atoms with Gasteiger partial charge in [0.15, 0.2) is 11.5 Å². The number of anilines is 1. The lowest BCUT2D eigenvalue weighted by Crippen LogP contribution is -2.28. The Labute approximate surface area is 146 Å². The van der Waals surface area contributed by atoms with Crippen LogP contribution >= 0.6 is 0 Å². The zero-order chi connectivity index (χ0) is 17.1. The first-order chi connectivity index (χ1) is 12.3. The lowest BCUT2D eigenvalue weighted by atomic mass is 10.1. The minimum absolute atomic E-state index is 0.107. The average Bonchev–Trinajstić information content (AvgIpc) is 3.20. The summed E-state index contributed by atoms with van der Waals surface area (Å²) in [6.45, 7) is 3.48. The number of amides is 1. The molecule has 0 atom stereocenters. The minimum atomic E-state index is -0.107. The first-order valence-corrected chi connectivity index (χ1v) is 8.68. The molecular formula is C19H21N3O3. The zero-order valence-corrected chi connectivity index (χ0v) is 14.0. The summed E-state index contributed by atoms with van der Waals surface area (Å²) in [7, 11) is 0. The van der Waals surface area contributed by atoms with Gasteiger partial charge in [-0.1, -0.05) is 6.07 Å². The molecule has 0 bridgehead atoms. The maximum absolute atomic E-state index is 12.7. The minimum Gasteiger partial charge on any atom is -0.486 e. The van der Waals surface area contributed by atoms with E-state index >= 15 is 0 Å². The molecule has 0 radical (unpaired) electrons. The van der Waals surface area contributed by atoms with Crippen LogP contribution < -0.4 is 19.7 Å². The standard InChI is InChI=1S/C19H21N3O3/c23-19(15-4-3-7-20-18(15)22-8-1-2-9-22)21-13-14-5-6-16-17(12-14)25-11-10-24-16/h3-7,12H,1-2,8-11,13H2,(H,21,23). The van der Waals surface area contributed by atoms with Gasteiger partial charge in [-0.15, -0.1) is 0 Å². The lowest BCUT2D eigenvalue weighted by molar-refractivity contribution is 0.0951. The van der Waals surface area contributed by atoms with Gasteiger partial charge in [-0.25, -0.2) is 4.98 Å². The van der Waals surface area contributed by atoms with Crippen LogP contribution in [0.5, 0.6) is 11.5 Å². The number of hydrogen-bond acceptors (Lipinski definition) is 5. The first kappa shape index (κ1) is 15.7. The van der Waals surface area contributed by atoms with E-state index in [1.165, 1.54) is 0 Å². The third-order valence-electron chi connectivity index (χ3n) is 4.50. The molecule has 0 saturated carbocycles. The summed E-state index contributed by atoms with van der Waals surface area (Å²) in [5.74, 6) is 2.16. The van der Waals surface area contributed by atoms with Crippen molar-refractivity contribution in [2.24, 2.45) is 0 Å². The normalized spacial score (nSPS) is 15.9. The van der Waals surface area contributed by atoms with E-state index in [1.807, 2.05) is 24.3 Å². The third-order valence-corrected chi connectivity index (χ3v) is 4.50. The molecule has 6 nitrogen and oxygen atoms in total. The monoisotopic (exact) mass is 339 g/mol. The van der Waals surface area contributed by atoms with Crippen LogP contribution in [0.4, 0.5) is 5.82 Å². The van der Waals surface area contributed by atoms with Crippen molar-refractivity contribution >= 4 is 11.7 Å². The van der Waals surface area contributed by atoms with Crippen LogP contribution in [0.2, 0.25) is 0 Å². The quantitative estimate of drug-likeness (QED) is 0.927. The molecule has 4 rings (SSSR count). The Bertz CT molecular complexity index is 772. The topological polar surface area (TPSA) is 63.7 Å². The molecule has 0 spiro atoms. The van der Waals surface area contributed by atoms with Crippen molar-refractivity contribution in [2.45, 2.75) is 19.4 Å². The number of carbonyl (C=O) groups is 1. The molecule has 0 aliphatic carbocycles. The molecule has 6 heteroatoms. The predicted octanol–water partition coefficient (Wildman–Crippen LogP) is 2.38. The first-order valence-electron chi connectivity index (χ1n) is 8.68. The zero-order valence-electron chi connectivity index (χ0n) is 14.0.